The van der Waals surface area contributed by atoms with E-state index in [1.54, 1.807) is 7.05 Å². The van der Waals surface area contributed by atoms with Crippen LogP contribution in [0.5, 0.6) is 0 Å². The maximum Gasteiger partial charge on any atom is 0.339 e. The average Bonchev–Trinajstić information content (AvgIpc) is 3.13. The zero-order valence-corrected chi connectivity index (χ0v) is 20.6. The zero-order chi connectivity index (χ0) is 24.0. The van der Waals surface area contributed by atoms with Crippen molar-refractivity contribution in [3.63, 3.8) is 0 Å². The van der Waals surface area contributed by atoms with Gasteiger partial charge in [0.1, 0.15) is 0 Å². The Morgan fingerprint density at radius 3 is 2.58 bits per heavy atom. The summed E-state index contributed by atoms with van der Waals surface area (Å²) in [5.74, 6) is -0.471. The minimum Gasteiger partial charge on any atom is -0.452 e. The molecule has 0 saturated carbocycles. The summed E-state index contributed by atoms with van der Waals surface area (Å²) in [5, 5.41) is 0.735. The number of rotatable bonds is 4. The van der Waals surface area contributed by atoms with Crippen molar-refractivity contribution in [3.05, 3.63) is 41.1 Å². The Morgan fingerprint density at radius 2 is 1.91 bits per heavy atom. The lowest BCUT2D eigenvalue weighted by Crippen LogP contribution is -2.40. The first-order chi connectivity index (χ1) is 15.5. The number of hydrogen-bond donors (Lipinski definition) is 0. The molecular weight excluding hydrogens is 440 g/mol. The van der Waals surface area contributed by atoms with E-state index < -0.39 is 28.3 Å². The van der Waals surface area contributed by atoms with Crippen molar-refractivity contribution in [2.45, 2.75) is 52.5 Å². The Labute approximate surface area is 195 Å². The van der Waals surface area contributed by atoms with E-state index in [1.165, 1.54) is 4.90 Å². The van der Waals surface area contributed by atoms with Crippen LogP contribution in [0, 0.1) is 11.3 Å². The van der Waals surface area contributed by atoms with Crippen LogP contribution < -0.4 is 0 Å². The van der Waals surface area contributed by atoms with Gasteiger partial charge in [0.15, 0.2) is 16.4 Å². The summed E-state index contributed by atoms with van der Waals surface area (Å²) in [4.78, 5) is 32.2. The van der Waals surface area contributed by atoms with Gasteiger partial charge in [-0.1, -0.05) is 39.0 Å². The highest BCUT2D eigenvalue weighted by Gasteiger charge is 2.35. The molecule has 2 aromatic rings. The fourth-order valence-corrected chi connectivity index (χ4v) is 6.72. The molecular formula is C25H32N2O5S. The summed E-state index contributed by atoms with van der Waals surface area (Å²) < 4.78 is 29.0. The molecule has 1 amide bonds. The second kappa shape index (κ2) is 8.70. The number of nitrogens with zero attached hydrogens (tertiary/aromatic N) is 2. The third-order valence-corrected chi connectivity index (χ3v) is 8.91. The van der Waals surface area contributed by atoms with Gasteiger partial charge in [-0.2, -0.15) is 0 Å². The van der Waals surface area contributed by atoms with Crippen LogP contribution in [-0.4, -0.2) is 61.4 Å². The topological polar surface area (TPSA) is 93.6 Å². The predicted molar refractivity (Wildman–Crippen MR) is 127 cm³/mol. The van der Waals surface area contributed by atoms with Crippen molar-refractivity contribution < 1.29 is 22.7 Å². The van der Waals surface area contributed by atoms with Crippen molar-refractivity contribution in [2.24, 2.45) is 11.3 Å². The van der Waals surface area contributed by atoms with Gasteiger partial charge in [0, 0.05) is 24.2 Å². The van der Waals surface area contributed by atoms with Crippen LogP contribution in [0.25, 0.3) is 10.9 Å². The second-order valence-electron chi connectivity index (χ2n) is 10.4. The molecule has 1 aromatic carbocycles. The molecule has 8 heteroatoms. The summed E-state index contributed by atoms with van der Waals surface area (Å²) in [6, 6.07) is 7.16. The number of ether oxygens (including phenoxy) is 1. The molecule has 178 valence electrons. The summed E-state index contributed by atoms with van der Waals surface area (Å²) in [6.45, 7) is 6.23. The van der Waals surface area contributed by atoms with Gasteiger partial charge in [0.2, 0.25) is 0 Å². The van der Waals surface area contributed by atoms with E-state index in [1.807, 2.05) is 24.3 Å². The Hall–Kier alpha value is -2.48. The summed E-state index contributed by atoms with van der Waals surface area (Å²) in [5.41, 5.74) is 3.21. The van der Waals surface area contributed by atoms with Crippen molar-refractivity contribution in [3.8, 4) is 0 Å². The van der Waals surface area contributed by atoms with E-state index in [4.69, 9.17) is 9.72 Å². The van der Waals surface area contributed by atoms with Gasteiger partial charge in [0.25, 0.3) is 5.91 Å². The number of carbonyl (C=O) groups excluding carboxylic acids is 2. The minimum absolute atomic E-state index is 0.0418. The maximum absolute atomic E-state index is 13.3. The first kappa shape index (κ1) is 23.7. The second-order valence-corrected chi connectivity index (χ2v) is 12.6. The third kappa shape index (κ3) is 4.90. The number of hydrogen-bond acceptors (Lipinski definition) is 6. The van der Waals surface area contributed by atoms with Crippen LogP contribution in [0.2, 0.25) is 0 Å². The molecule has 0 bridgehead atoms. The standard InChI is InChI=1S/C25H32N2O5S/c1-25(2,3)16-9-10-21-19(13-16)23(18-7-5-6-8-20(18)26-21)24(29)32-14-22(28)27(4)17-11-12-33(30,31)15-17/h5-8,16-17H,9-15H2,1-4H3/t16-,17-/m0/s1. The molecule has 33 heavy (non-hydrogen) atoms. The minimum atomic E-state index is -3.11. The number of aromatic nitrogens is 1. The summed E-state index contributed by atoms with van der Waals surface area (Å²) >= 11 is 0. The average molecular weight is 473 g/mol. The first-order valence-electron chi connectivity index (χ1n) is 11.5. The zero-order valence-electron chi connectivity index (χ0n) is 19.8. The van der Waals surface area contributed by atoms with Crippen LogP contribution >= 0.6 is 0 Å². The number of pyridine rings is 1. The highest BCUT2D eigenvalue weighted by Crippen LogP contribution is 2.39. The van der Waals surface area contributed by atoms with Gasteiger partial charge in [0.05, 0.1) is 22.6 Å². The monoisotopic (exact) mass is 472 g/mol. The number of benzene rings is 1. The van der Waals surface area contributed by atoms with Crippen molar-refractivity contribution >= 4 is 32.6 Å². The SMILES string of the molecule is CN(C(=O)COC(=O)c1c2c(nc3ccccc13)CC[C@H](C(C)(C)C)C2)[C@H]1CCS(=O)(=O)C1. The third-order valence-electron chi connectivity index (χ3n) is 7.16. The lowest BCUT2D eigenvalue weighted by Gasteiger charge is -2.35. The van der Waals surface area contributed by atoms with Crippen molar-refractivity contribution in [2.75, 3.05) is 25.2 Å². The van der Waals surface area contributed by atoms with Crippen molar-refractivity contribution in [1.29, 1.82) is 0 Å². The first-order valence-corrected chi connectivity index (χ1v) is 13.3. The predicted octanol–water partition coefficient (Wildman–Crippen LogP) is 3.19. The summed E-state index contributed by atoms with van der Waals surface area (Å²) in [6.07, 6.45) is 2.98. The Balaban J connectivity index is 1.58. The normalized spacial score (nSPS) is 22.1. The lowest BCUT2D eigenvalue weighted by molar-refractivity contribution is -0.134. The highest BCUT2D eigenvalue weighted by atomic mass is 32.2. The molecule has 1 aromatic heterocycles. The largest absolute Gasteiger partial charge is 0.452 e. The molecule has 0 unspecified atom stereocenters. The molecule has 1 fully saturated rings. The number of likely N-dealkylation sites (N-methyl/N-ethyl adjacent to an activating group) is 1. The van der Waals surface area contributed by atoms with Crippen LogP contribution in [0.4, 0.5) is 0 Å². The van der Waals surface area contributed by atoms with Gasteiger partial charge >= 0.3 is 5.97 Å². The molecule has 1 saturated heterocycles. The number of sulfone groups is 1. The number of carbonyl (C=O) groups is 2. The Morgan fingerprint density at radius 1 is 1.18 bits per heavy atom. The maximum atomic E-state index is 13.3. The number of aryl methyl sites for hydroxylation is 1. The van der Waals surface area contributed by atoms with Gasteiger partial charge in [-0.3, -0.25) is 9.78 Å². The van der Waals surface area contributed by atoms with Crippen LogP contribution in [0.3, 0.4) is 0 Å². The van der Waals surface area contributed by atoms with Crippen LogP contribution in [0.1, 0.15) is 55.2 Å². The van der Waals surface area contributed by atoms with Crippen LogP contribution in [0.15, 0.2) is 24.3 Å². The number of fused-ring (bicyclic) bond motifs is 2. The molecule has 0 radical (unpaired) electrons. The number of para-hydroxylation sites is 1. The quantitative estimate of drug-likeness (QED) is 0.635. The van der Waals surface area contributed by atoms with E-state index in [0.717, 1.165) is 41.4 Å². The molecule has 0 N–H and O–H groups in total. The molecule has 2 atom stereocenters. The molecule has 1 aliphatic heterocycles. The molecule has 1 aliphatic carbocycles. The van der Waals surface area contributed by atoms with E-state index in [-0.39, 0.29) is 23.0 Å². The van der Waals surface area contributed by atoms with Gasteiger partial charge in [-0.05, 0) is 48.6 Å². The van der Waals surface area contributed by atoms with Gasteiger partial charge in [-0.15, -0.1) is 0 Å². The smallest absolute Gasteiger partial charge is 0.339 e. The van der Waals surface area contributed by atoms with E-state index in [0.29, 0.717) is 17.9 Å². The van der Waals surface area contributed by atoms with E-state index in [9.17, 15) is 18.0 Å². The lowest BCUT2D eigenvalue weighted by atomic mass is 9.70. The van der Waals surface area contributed by atoms with Gasteiger partial charge < -0.3 is 9.64 Å². The Bertz CT molecular complexity index is 1200. The Kier molecular flexibility index (Phi) is 6.24. The summed E-state index contributed by atoms with van der Waals surface area (Å²) in [7, 11) is -1.54. The molecule has 0 spiro atoms. The van der Waals surface area contributed by atoms with Gasteiger partial charge in [-0.25, -0.2) is 13.2 Å². The number of esters is 1. The molecule has 2 heterocycles. The fraction of sp³-hybridized carbons (Fsp3) is 0.560. The molecule has 2 aliphatic rings. The molecule has 4 rings (SSSR count). The highest BCUT2D eigenvalue weighted by molar-refractivity contribution is 7.91. The molecule has 7 nitrogen and oxygen atoms in total. The fourth-order valence-electron chi connectivity index (χ4n) is 4.95. The number of amides is 1. The van der Waals surface area contributed by atoms with E-state index >= 15 is 0 Å². The van der Waals surface area contributed by atoms with Crippen LogP contribution in [-0.2, 0) is 32.2 Å². The van der Waals surface area contributed by atoms with E-state index in [2.05, 4.69) is 20.8 Å². The van der Waals surface area contributed by atoms with Crippen molar-refractivity contribution in [1.82, 2.24) is 9.88 Å².